The second-order valence-corrected chi connectivity index (χ2v) is 18.3. The molecule has 0 aliphatic heterocycles. The lowest BCUT2D eigenvalue weighted by molar-refractivity contribution is -0.116. The summed E-state index contributed by atoms with van der Waals surface area (Å²) in [5.41, 5.74) is 10.7. The highest BCUT2D eigenvalue weighted by atomic mass is 28.4. The monoisotopic (exact) mass is 627 g/mol. The predicted molar refractivity (Wildman–Crippen MR) is 182 cm³/mol. The number of aryl methyl sites for hydroxylation is 4. The summed E-state index contributed by atoms with van der Waals surface area (Å²) >= 11 is 0. The summed E-state index contributed by atoms with van der Waals surface area (Å²) in [6, 6.07) is 14.0. The van der Waals surface area contributed by atoms with E-state index in [0.717, 1.165) is 45.4 Å². The summed E-state index contributed by atoms with van der Waals surface area (Å²) in [5.74, 6) is 0.288. The third-order valence-corrected chi connectivity index (χ3v) is 13.7. The van der Waals surface area contributed by atoms with Gasteiger partial charge in [-0.05, 0) is 61.3 Å². The van der Waals surface area contributed by atoms with Crippen molar-refractivity contribution >= 4 is 47.8 Å². The Balaban J connectivity index is 1.30. The van der Waals surface area contributed by atoms with Crippen molar-refractivity contribution in [3.8, 4) is 0 Å². The van der Waals surface area contributed by atoms with Crippen molar-refractivity contribution in [1.29, 1.82) is 0 Å². The molecule has 0 saturated carbocycles. The van der Waals surface area contributed by atoms with Gasteiger partial charge in [-0.2, -0.15) is 0 Å². The molecule has 5 aromatic rings. The molecule has 2 amide bonds. The van der Waals surface area contributed by atoms with Gasteiger partial charge in [-0.1, -0.05) is 39.0 Å². The van der Waals surface area contributed by atoms with E-state index in [2.05, 4.69) is 67.9 Å². The molecule has 3 heterocycles. The average molecular weight is 628 g/mol. The third-order valence-electron chi connectivity index (χ3n) is 9.24. The van der Waals surface area contributed by atoms with Crippen LogP contribution >= 0.6 is 0 Å². The van der Waals surface area contributed by atoms with Crippen molar-refractivity contribution in [2.75, 3.05) is 11.9 Å². The molecule has 0 aliphatic carbocycles. The number of benzene rings is 2. The summed E-state index contributed by atoms with van der Waals surface area (Å²) < 4.78 is 12.8. The predicted octanol–water partition coefficient (Wildman–Crippen LogP) is 6.36. The van der Waals surface area contributed by atoms with Crippen molar-refractivity contribution in [2.24, 2.45) is 12.8 Å². The van der Waals surface area contributed by atoms with Gasteiger partial charge in [0.1, 0.15) is 11.5 Å². The number of hydrogen-bond donors (Lipinski definition) is 2. The zero-order valence-electron chi connectivity index (χ0n) is 27.4. The second-order valence-electron chi connectivity index (χ2n) is 13.4. The topological polar surface area (TPSA) is 122 Å². The normalized spacial score (nSPS) is 13.0. The molecule has 11 heteroatoms. The van der Waals surface area contributed by atoms with Gasteiger partial charge < -0.3 is 29.2 Å². The summed E-state index contributed by atoms with van der Waals surface area (Å²) in [4.78, 5) is 33.7. The van der Waals surface area contributed by atoms with Crippen molar-refractivity contribution in [3.05, 3.63) is 78.3 Å². The van der Waals surface area contributed by atoms with Crippen molar-refractivity contribution in [1.82, 2.24) is 23.7 Å². The minimum atomic E-state index is -2.01. The fraction of sp³-hybridized carbons (Fsp3) is 0.412. The maximum Gasteiger partial charge on any atom is 0.268 e. The molecule has 3 N–H and O–H groups in total. The number of fused-ring (bicyclic) bond motifs is 2. The maximum atomic E-state index is 13.0. The largest absolute Gasteiger partial charge is 0.415 e. The minimum Gasteiger partial charge on any atom is -0.415 e. The number of imidazole rings is 2. The summed E-state index contributed by atoms with van der Waals surface area (Å²) in [5, 5.41) is 4.30. The first kappa shape index (κ1) is 32.2. The lowest BCUT2D eigenvalue weighted by Crippen LogP contribution is -2.42. The van der Waals surface area contributed by atoms with Gasteiger partial charge >= 0.3 is 0 Å². The summed E-state index contributed by atoms with van der Waals surface area (Å²) in [6.45, 7) is 14.5. The molecule has 3 aromatic heterocycles. The highest BCUT2D eigenvalue weighted by molar-refractivity contribution is 6.74. The Hall–Kier alpha value is -4.22. The number of amides is 2. The lowest BCUT2D eigenvalue weighted by atomic mass is 10.1. The molecule has 0 saturated heterocycles. The van der Waals surface area contributed by atoms with E-state index in [-0.39, 0.29) is 22.7 Å². The Labute approximate surface area is 265 Å². The van der Waals surface area contributed by atoms with Gasteiger partial charge in [0.25, 0.3) is 5.91 Å². The molecule has 0 bridgehead atoms. The first-order valence-corrected chi connectivity index (χ1v) is 18.4. The molecule has 0 fully saturated rings. The Morgan fingerprint density at radius 3 is 2.53 bits per heavy atom. The highest BCUT2D eigenvalue weighted by Gasteiger charge is 2.37. The molecule has 1 atom stereocenters. The van der Waals surface area contributed by atoms with Gasteiger partial charge in [0.2, 0.25) is 5.91 Å². The third kappa shape index (κ3) is 7.04. The van der Waals surface area contributed by atoms with Gasteiger partial charge in [-0.3, -0.25) is 9.59 Å². The van der Waals surface area contributed by atoms with Crippen LogP contribution < -0.4 is 11.1 Å². The van der Waals surface area contributed by atoms with Crippen molar-refractivity contribution < 1.29 is 14.0 Å². The van der Waals surface area contributed by atoms with Crippen LogP contribution in [0.15, 0.2) is 61.2 Å². The van der Waals surface area contributed by atoms with Gasteiger partial charge in [0.05, 0.1) is 35.5 Å². The van der Waals surface area contributed by atoms with Crippen LogP contribution in [0.1, 0.15) is 61.5 Å². The highest BCUT2D eigenvalue weighted by Crippen LogP contribution is 2.37. The standard InChI is InChI=1S/C34H45N7O3Si/c1-23-19-40(17-16-25(21-44-45(6,7)34(2,3)4)41-20-28(33(35)43)36-22-41)30-18-24(12-13-26(23)30)37-32(42)15-14-31-38-27-10-8-9-11-29(27)39(31)5/h8-13,18-20,22,25H,14-17,21H2,1-7H3,(H2,35,43)(H,37,42). The zero-order valence-corrected chi connectivity index (χ0v) is 28.4. The van der Waals surface area contributed by atoms with Crippen molar-refractivity contribution in [3.63, 3.8) is 0 Å². The fourth-order valence-corrected chi connectivity index (χ4v) is 6.44. The number of carbonyl (C=O) groups excluding carboxylic acids is 2. The van der Waals surface area contributed by atoms with E-state index in [1.165, 1.54) is 0 Å². The molecule has 10 nitrogen and oxygen atoms in total. The zero-order chi connectivity index (χ0) is 32.5. The Bertz CT molecular complexity index is 1840. The molecule has 0 aliphatic rings. The van der Waals surface area contributed by atoms with E-state index < -0.39 is 14.2 Å². The molecule has 45 heavy (non-hydrogen) atoms. The van der Waals surface area contributed by atoms with Crippen LogP contribution in [0, 0.1) is 6.92 Å². The molecule has 238 valence electrons. The molecule has 2 aromatic carbocycles. The SMILES string of the molecule is Cc1cn(CCC(CO[Si](C)(C)C(C)(C)C)n2cnc(C(N)=O)c2)c2cc(NC(=O)CCc3nc4ccccc4n3C)ccc12. The van der Waals surface area contributed by atoms with Gasteiger partial charge in [0, 0.05) is 49.9 Å². The van der Waals surface area contributed by atoms with E-state index in [0.29, 0.717) is 26.0 Å². The number of primary amides is 1. The molecule has 0 spiro atoms. The van der Waals surface area contributed by atoms with E-state index in [1.54, 1.807) is 12.5 Å². The summed E-state index contributed by atoms with van der Waals surface area (Å²) in [7, 11) is -0.0185. The second kappa shape index (κ2) is 12.6. The smallest absolute Gasteiger partial charge is 0.268 e. The number of hydrogen-bond acceptors (Lipinski definition) is 5. The van der Waals surface area contributed by atoms with E-state index >= 15 is 0 Å². The first-order chi connectivity index (χ1) is 21.2. The van der Waals surface area contributed by atoms with Crippen LogP contribution in [-0.4, -0.2) is 50.4 Å². The first-order valence-electron chi connectivity index (χ1n) is 15.5. The average Bonchev–Trinajstić information content (AvgIpc) is 3.68. The molecular weight excluding hydrogens is 583 g/mol. The van der Waals surface area contributed by atoms with Crippen LogP contribution in [-0.2, 0) is 29.2 Å². The number of nitrogens with one attached hydrogen (secondary N) is 1. The quantitative estimate of drug-likeness (QED) is 0.156. The fourth-order valence-electron chi connectivity index (χ4n) is 5.40. The number of nitrogens with two attached hydrogens (primary N) is 1. The van der Waals surface area contributed by atoms with Crippen LogP contribution in [0.3, 0.4) is 0 Å². The van der Waals surface area contributed by atoms with Crippen LogP contribution in [0.4, 0.5) is 5.69 Å². The maximum absolute atomic E-state index is 13.0. The number of anilines is 1. The van der Waals surface area contributed by atoms with Crippen molar-refractivity contribution in [2.45, 2.75) is 77.7 Å². The van der Waals surface area contributed by atoms with E-state index in [4.69, 9.17) is 15.1 Å². The van der Waals surface area contributed by atoms with E-state index in [1.807, 2.05) is 52.6 Å². The van der Waals surface area contributed by atoms with Gasteiger partial charge in [0.15, 0.2) is 8.32 Å². The van der Waals surface area contributed by atoms with Crippen LogP contribution in [0.2, 0.25) is 18.1 Å². The number of rotatable bonds is 12. The minimum absolute atomic E-state index is 0.0388. The molecule has 0 radical (unpaired) electrons. The number of para-hydroxylation sites is 2. The lowest BCUT2D eigenvalue weighted by Gasteiger charge is -2.37. The number of nitrogens with zero attached hydrogens (tertiary/aromatic N) is 5. The molecular formula is C34H45N7O3Si. The van der Waals surface area contributed by atoms with E-state index in [9.17, 15) is 9.59 Å². The van der Waals surface area contributed by atoms with Crippen LogP contribution in [0.25, 0.3) is 21.9 Å². The molecule has 1 unspecified atom stereocenters. The summed E-state index contributed by atoms with van der Waals surface area (Å²) in [6.07, 6.45) is 7.17. The Kier molecular flexibility index (Phi) is 9.04. The molecule has 5 rings (SSSR count). The Morgan fingerprint density at radius 1 is 1.09 bits per heavy atom. The number of aromatic nitrogens is 5. The Morgan fingerprint density at radius 2 is 1.84 bits per heavy atom. The van der Waals surface area contributed by atoms with Crippen LogP contribution in [0.5, 0.6) is 0 Å². The number of carbonyl (C=O) groups is 2. The van der Waals surface area contributed by atoms with Gasteiger partial charge in [-0.25, -0.2) is 9.97 Å². The van der Waals surface area contributed by atoms with Gasteiger partial charge in [-0.15, -0.1) is 0 Å².